The van der Waals surface area contributed by atoms with Crippen LogP contribution in [-0.4, -0.2) is 0 Å². The van der Waals surface area contributed by atoms with E-state index in [2.05, 4.69) is 27.7 Å². The second kappa shape index (κ2) is 14.4. The van der Waals surface area contributed by atoms with Gasteiger partial charge < -0.3 is 0 Å². The van der Waals surface area contributed by atoms with E-state index in [1.807, 2.05) is 0 Å². The molecular formula is C19H40. The highest BCUT2D eigenvalue weighted by atomic mass is 14.2. The Morgan fingerprint density at radius 2 is 1.16 bits per heavy atom. The highest BCUT2D eigenvalue weighted by molar-refractivity contribution is 4.66. The van der Waals surface area contributed by atoms with Gasteiger partial charge in [-0.2, -0.15) is 0 Å². The Morgan fingerprint density at radius 1 is 0.526 bits per heavy atom. The van der Waals surface area contributed by atoms with Crippen LogP contribution in [0.5, 0.6) is 0 Å². The van der Waals surface area contributed by atoms with Gasteiger partial charge >= 0.3 is 0 Å². The molecule has 0 aliphatic carbocycles. The Bertz CT molecular complexity index is 161. The van der Waals surface area contributed by atoms with Crippen molar-refractivity contribution in [2.45, 2.75) is 111 Å². The zero-order chi connectivity index (χ0) is 14.3. The van der Waals surface area contributed by atoms with Crippen LogP contribution in [0, 0.1) is 11.8 Å². The third-order valence-electron chi connectivity index (χ3n) is 4.62. The minimum atomic E-state index is 1.01. The van der Waals surface area contributed by atoms with Crippen LogP contribution in [0.1, 0.15) is 111 Å². The Balaban J connectivity index is 3.86. The molecule has 0 saturated heterocycles. The molecule has 0 heterocycles. The lowest BCUT2D eigenvalue weighted by Gasteiger charge is -2.22. The molecule has 0 amide bonds. The van der Waals surface area contributed by atoms with Gasteiger partial charge in [0.15, 0.2) is 0 Å². The van der Waals surface area contributed by atoms with E-state index in [0.29, 0.717) is 0 Å². The van der Waals surface area contributed by atoms with Crippen molar-refractivity contribution in [3.05, 3.63) is 0 Å². The van der Waals surface area contributed by atoms with E-state index in [-0.39, 0.29) is 0 Å². The van der Waals surface area contributed by atoms with Crippen molar-refractivity contribution in [1.29, 1.82) is 0 Å². The normalized spacial score (nSPS) is 14.5. The molecule has 0 spiro atoms. The minimum Gasteiger partial charge on any atom is -0.0654 e. The fraction of sp³-hybridized carbons (Fsp3) is 1.00. The average Bonchev–Trinajstić information content (AvgIpc) is 2.43. The van der Waals surface area contributed by atoms with Gasteiger partial charge in [0.2, 0.25) is 0 Å². The third kappa shape index (κ3) is 11.5. The van der Waals surface area contributed by atoms with E-state index in [1.165, 1.54) is 83.5 Å². The van der Waals surface area contributed by atoms with Crippen LogP contribution < -0.4 is 0 Å². The average molecular weight is 269 g/mol. The van der Waals surface area contributed by atoms with E-state index in [4.69, 9.17) is 0 Å². The lowest BCUT2D eigenvalue weighted by atomic mass is 9.84. The summed E-state index contributed by atoms with van der Waals surface area (Å²) in [4.78, 5) is 0. The van der Waals surface area contributed by atoms with Crippen molar-refractivity contribution in [3.63, 3.8) is 0 Å². The molecule has 2 atom stereocenters. The maximum atomic E-state index is 2.39. The molecule has 0 aromatic carbocycles. The molecule has 0 nitrogen and oxygen atoms in total. The zero-order valence-electron chi connectivity index (χ0n) is 14.3. The lowest BCUT2D eigenvalue weighted by Crippen LogP contribution is -2.09. The SMILES string of the molecule is CCCCCCCC(CCC)CC(CC)CCCC. The molecule has 0 aliphatic heterocycles. The van der Waals surface area contributed by atoms with Gasteiger partial charge in [0.1, 0.15) is 0 Å². The first-order valence-electron chi connectivity index (χ1n) is 9.28. The van der Waals surface area contributed by atoms with Crippen molar-refractivity contribution < 1.29 is 0 Å². The summed E-state index contributed by atoms with van der Waals surface area (Å²) in [6.07, 6.45) is 18.8. The largest absolute Gasteiger partial charge is 0.0654 e. The monoisotopic (exact) mass is 268 g/mol. The second-order valence-corrected chi connectivity index (χ2v) is 6.51. The summed E-state index contributed by atoms with van der Waals surface area (Å²) in [5.74, 6) is 2.03. The quantitative estimate of drug-likeness (QED) is 0.288. The van der Waals surface area contributed by atoms with Crippen LogP contribution in [0.2, 0.25) is 0 Å². The summed E-state index contributed by atoms with van der Waals surface area (Å²) in [5.41, 5.74) is 0. The van der Waals surface area contributed by atoms with Gasteiger partial charge in [0.25, 0.3) is 0 Å². The maximum absolute atomic E-state index is 2.39. The maximum Gasteiger partial charge on any atom is -0.0412 e. The topological polar surface area (TPSA) is 0 Å². The van der Waals surface area contributed by atoms with Gasteiger partial charge in [-0.25, -0.2) is 0 Å². The predicted molar refractivity (Wildman–Crippen MR) is 89.7 cm³/mol. The van der Waals surface area contributed by atoms with Crippen LogP contribution in [0.3, 0.4) is 0 Å². The molecule has 0 heteroatoms. The second-order valence-electron chi connectivity index (χ2n) is 6.51. The van der Waals surface area contributed by atoms with Crippen LogP contribution in [0.4, 0.5) is 0 Å². The highest BCUT2D eigenvalue weighted by Gasteiger charge is 2.14. The molecule has 0 aliphatic rings. The van der Waals surface area contributed by atoms with Gasteiger partial charge in [-0.1, -0.05) is 105 Å². The summed E-state index contributed by atoms with van der Waals surface area (Å²) < 4.78 is 0. The summed E-state index contributed by atoms with van der Waals surface area (Å²) in [6, 6.07) is 0. The summed E-state index contributed by atoms with van der Waals surface area (Å²) in [5, 5.41) is 0. The van der Waals surface area contributed by atoms with Gasteiger partial charge in [-0.3, -0.25) is 0 Å². The highest BCUT2D eigenvalue weighted by Crippen LogP contribution is 2.28. The number of hydrogen-bond donors (Lipinski definition) is 0. The molecule has 0 fully saturated rings. The van der Waals surface area contributed by atoms with Gasteiger partial charge in [0.05, 0.1) is 0 Å². The van der Waals surface area contributed by atoms with Crippen molar-refractivity contribution in [2.24, 2.45) is 11.8 Å². The Morgan fingerprint density at radius 3 is 1.74 bits per heavy atom. The standard InChI is InChI=1S/C19H40/c1-5-9-11-12-13-16-19(14-7-3)17-18(8-4)15-10-6-2/h18-19H,5-17H2,1-4H3. The fourth-order valence-corrected chi connectivity index (χ4v) is 3.28. The molecule has 0 bridgehead atoms. The van der Waals surface area contributed by atoms with Gasteiger partial charge in [-0.05, 0) is 18.3 Å². The molecule has 0 radical (unpaired) electrons. The Hall–Kier alpha value is 0. The van der Waals surface area contributed by atoms with Crippen LogP contribution >= 0.6 is 0 Å². The fourth-order valence-electron chi connectivity index (χ4n) is 3.28. The zero-order valence-corrected chi connectivity index (χ0v) is 14.3. The molecule has 0 saturated carbocycles. The first-order valence-corrected chi connectivity index (χ1v) is 9.28. The van der Waals surface area contributed by atoms with E-state index < -0.39 is 0 Å². The third-order valence-corrected chi connectivity index (χ3v) is 4.62. The van der Waals surface area contributed by atoms with Gasteiger partial charge in [0, 0.05) is 0 Å². The molecule has 116 valence electrons. The first-order chi connectivity index (χ1) is 9.28. The van der Waals surface area contributed by atoms with Crippen LogP contribution in [0.25, 0.3) is 0 Å². The van der Waals surface area contributed by atoms with Crippen molar-refractivity contribution >= 4 is 0 Å². The number of hydrogen-bond acceptors (Lipinski definition) is 0. The van der Waals surface area contributed by atoms with Crippen LogP contribution in [-0.2, 0) is 0 Å². The summed E-state index contributed by atoms with van der Waals surface area (Å²) in [7, 11) is 0. The molecular weight excluding hydrogens is 228 g/mol. The molecule has 2 unspecified atom stereocenters. The van der Waals surface area contributed by atoms with Crippen LogP contribution in [0.15, 0.2) is 0 Å². The first kappa shape index (κ1) is 19.0. The number of rotatable bonds is 14. The molecule has 0 aromatic rings. The van der Waals surface area contributed by atoms with E-state index >= 15 is 0 Å². The predicted octanol–water partition coefficient (Wildman–Crippen LogP) is 7.37. The van der Waals surface area contributed by atoms with E-state index in [0.717, 1.165) is 11.8 Å². The molecule has 19 heavy (non-hydrogen) atoms. The van der Waals surface area contributed by atoms with Crippen molar-refractivity contribution in [2.75, 3.05) is 0 Å². The van der Waals surface area contributed by atoms with Crippen molar-refractivity contribution in [1.82, 2.24) is 0 Å². The van der Waals surface area contributed by atoms with Crippen molar-refractivity contribution in [3.8, 4) is 0 Å². The smallest absolute Gasteiger partial charge is 0.0412 e. The molecule has 0 aromatic heterocycles. The number of unbranched alkanes of at least 4 members (excludes halogenated alkanes) is 5. The Labute approximate surface area is 123 Å². The van der Waals surface area contributed by atoms with E-state index in [1.54, 1.807) is 0 Å². The van der Waals surface area contributed by atoms with E-state index in [9.17, 15) is 0 Å². The minimum absolute atomic E-state index is 1.01. The molecule has 0 rings (SSSR count). The Kier molecular flexibility index (Phi) is 14.4. The van der Waals surface area contributed by atoms with Gasteiger partial charge in [-0.15, -0.1) is 0 Å². The summed E-state index contributed by atoms with van der Waals surface area (Å²) >= 11 is 0. The summed E-state index contributed by atoms with van der Waals surface area (Å²) in [6.45, 7) is 9.38. The lowest BCUT2D eigenvalue weighted by molar-refractivity contribution is 0.300. The molecule has 0 N–H and O–H groups in total.